The lowest BCUT2D eigenvalue weighted by Crippen LogP contribution is -2.25. The molecule has 0 aliphatic heterocycles. The molecule has 1 fully saturated rings. The number of ether oxygens (including phenoxy) is 2. The zero-order chi connectivity index (χ0) is 18.6. The molecule has 0 bridgehead atoms. The number of rotatable bonds is 6. The zero-order valence-corrected chi connectivity index (χ0v) is 14.9. The van der Waals surface area contributed by atoms with Crippen LogP contribution in [0.3, 0.4) is 0 Å². The molecule has 1 heterocycles. The van der Waals surface area contributed by atoms with Crippen LogP contribution in [-0.2, 0) is 0 Å². The highest BCUT2D eigenvalue weighted by Crippen LogP contribution is 2.25. The van der Waals surface area contributed by atoms with Gasteiger partial charge in [-0.3, -0.25) is 4.79 Å². The molecule has 1 N–H and O–H groups in total. The van der Waals surface area contributed by atoms with E-state index in [0.29, 0.717) is 23.1 Å². The highest BCUT2D eigenvalue weighted by molar-refractivity contribution is 5.95. The molecule has 27 heavy (non-hydrogen) atoms. The lowest BCUT2D eigenvalue weighted by molar-refractivity contribution is 0.0951. The van der Waals surface area contributed by atoms with Gasteiger partial charge in [0, 0.05) is 35.6 Å². The fourth-order valence-electron chi connectivity index (χ4n) is 2.60. The minimum atomic E-state index is -0.0256. The molecule has 0 saturated heterocycles. The van der Waals surface area contributed by atoms with Crippen molar-refractivity contribution in [1.82, 2.24) is 15.3 Å². The molecule has 1 saturated carbocycles. The summed E-state index contributed by atoms with van der Waals surface area (Å²) in [4.78, 5) is 20.6. The number of methoxy groups -OCH3 is 1. The SMILES string of the molecule is COc1cccc(Oc2ncc(-c3ccc(C(=O)NC4CC4)cc3)cn2)c1. The summed E-state index contributed by atoms with van der Waals surface area (Å²) in [6.45, 7) is 0. The lowest BCUT2D eigenvalue weighted by atomic mass is 10.1. The fourth-order valence-corrected chi connectivity index (χ4v) is 2.60. The van der Waals surface area contributed by atoms with E-state index in [0.717, 1.165) is 24.0 Å². The van der Waals surface area contributed by atoms with Crippen LogP contribution in [0, 0.1) is 0 Å². The van der Waals surface area contributed by atoms with Crippen LogP contribution in [0.5, 0.6) is 17.5 Å². The van der Waals surface area contributed by atoms with Crippen LogP contribution < -0.4 is 14.8 Å². The quantitative estimate of drug-likeness (QED) is 0.722. The van der Waals surface area contributed by atoms with Crippen molar-refractivity contribution in [2.75, 3.05) is 7.11 Å². The van der Waals surface area contributed by atoms with Crippen LogP contribution in [0.15, 0.2) is 60.9 Å². The standard InChI is InChI=1S/C21H19N3O3/c1-26-18-3-2-4-19(11-18)27-21-22-12-16(13-23-21)14-5-7-15(8-6-14)20(25)24-17-9-10-17/h2-8,11-13,17H,9-10H2,1H3,(H,24,25). The number of nitrogens with one attached hydrogen (secondary N) is 1. The Balaban J connectivity index is 1.44. The first-order valence-corrected chi connectivity index (χ1v) is 8.76. The van der Waals surface area contributed by atoms with Crippen molar-refractivity contribution in [3.63, 3.8) is 0 Å². The first kappa shape index (κ1) is 17.0. The van der Waals surface area contributed by atoms with Gasteiger partial charge in [0.2, 0.25) is 0 Å². The van der Waals surface area contributed by atoms with Crippen LogP contribution in [0.2, 0.25) is 0 Å². The number of nitrogens with zero attached hydrogens (tertiary/aromatic N) is 2. The molecule has 2 aromatic carbocycles. The van der Waals surface area contributed by atoms with Gasteiger partial charge in [-0.05, 0) is 42.7 Å². The Hall–Kier alpha value is -3.41. The summed E-state index contributed by atoms with van der Waals surface area (Å²) in [5.41, 5.74) is 2.44. The Kier molecular flexibility index (Phi) is 4.70. The Labute approximate surface area is 157 Å². The first-order valence-electron chi connectivity index (χ1n) is 8.76. The molecule has 0 radical (unpaired) electrons. The average molecular weight is 361 g/mol. The molecule has 1 aliphatic carbocycles. The van der Waals surface area contributed by atoms with Gasteiger partial charge in [-0.2, -0.15) is 0 Å². The van der Waals surface area contributed by atoms with E-state index in [9.17, 15) is 4.79 Å². The molecule has 1 amide bonds. The van der Waals surface area contributed by atoms with Crippen molar-refractivity contribution in [1.29, 1.82) is 0 Å². The van der Waals surface area contributed by atoms with Gasteiger partial charge in [0.15, 0.2) is 0 Å². The average Bonchev–Trinajstić information content (AvgIpc) is 3.53. The van der Waals surface area contributed by atoms with Crippen LogP contribution >= 0.6 is 0 Å². The van der Waals surface area contributed by atoms with Gasteiger partial charge in [0.1, 0.15) is 11.5 Å². The van der Waals surface area contributed by atoms with Gasteiger partial charge in [-0.15, -0.1) is 0 Å². The maximum absolute atomic E-state index is 12.0. The van der Waals surface area contributed by atoms with Crippen molar-refractivity contribution in [2.45, 2.75) is 18.9 Å². The number of aromatic nitrogens is 2. The van der Waals surface area contributed by atoms with E-state index >= 15 is 0 Å². The fraction of sp³-hybridized carbons (Fsp3) is 0.190. The summed E-state index contributed by atoms with van der Waals surface area (Å²) < 4.78 is 10.8. The van der Waals surface area contributed by atoms with E-state index in [-0.39, 0.29) is 11.9 Å². The highest BCUT2D eigenvalue weighted by Gasteiger charge is 2.23. The van der Waals surface area contributed by atoms with Gasteiger partial charge in [0.25, 0.3) is 5.91 Å². The highest BCUT2D eigenvalue weighted by atomic mass is 16.5. The third-order valence-corrected chi connectivity index (χ3v) is 4.27. The van der Waals surface area contributed by atoms with E-state index in [2.05, 4.69) is 15.3 Å². The zero-order valence-electron chi connectivity index (χ0n) is 14.9. The Morgan fingerprint density at radius 1 is 1.00 bits per heavy atom. The summed E-state index contributed by atoms with van der Waals surface area (Å²) in [7, 11) is 1.60. The minimum absolute atomic E-state index is 0.0256. The summed E-state index contributed by atoms with van der Waals surface area (Å²) in [6, 6.07) is 15.3. The van der Waals surface area contributed by atoms with E-state index in [1.807, 2.05) is 42.5 Å². The monoisotopic (exact) mass is 361 g/mol. The second-order valence-electron chi connectivity index (χ2n) is 6.36. The van der Waals surface area contributed by atoms with Crippen molar-refractivity contribution in [3.05, 3.63) is 66.5 Å². The van der Waals surface area contributed by atoms with Gasteiger partial charge >= 0.3 is 6.01 Å². The second kappa shape index (κ2) is 7.45. The summed E-state index contributed by atoms with van der Waals surface area (Å²) in [5.74, 6) is 1.28. The summed E-state index contributed by atoms with van der Waals surface area (Å²) in [6.07, 6.45) is 5.54. The number of benzene rings is 2. The number of carbonyl (C=O) groups is 1. The van der Waals surface area contributed by atoms with Gasteiger partial charge in [-0.1, -0.05) is 18.2 Å². The molecule has 1 aliphatic rings. The van der Waals surface area contributed by atoms with Crippen LogP contribution in [0.1, 0.15) is 23.2 Å². The Bertz CT molecular complexity index is 936. The number of hydrogen-bond donors (Lipinski definition) is 1. The van der Waals surface area contributed by atoms with E-state index in [1.165, 1.54) is 0 Å². The lowest BCUT2D eigenvalue weighted by Gasteiger charge is -2.07. The number of carbonyl (C=O) groups excluding carboxylic acids is 1. The first-order chi connectivity index (χ1) is 13.2. The van der Waals surface area contributed by atoms with Crippen molar-refractivity contribution < 1.29 is 14.3 Å². The maximum Gasteiger partial charge on any atom is 0.321 e. The van der Waals surface area contributed by atoms with E-state index in [1.54, 1.807) is 25.6 Å². The summed E-state index contributed by atoms with van der Waals surface area (Å²) in [5, 5.41) is 2.98. The van der Waals surface area contributed by atoms with Crippen LogP contribution in [-0.4, -0.2) is 29.0 Å². The van der Waals surface area contributed by atoms with Gasteiger partial charge in [0.05, 0.1) is 7.11 Å². The van der Waals surface area contributed by atoms with Crippen LogP contribution in [0.4, 0.5) is 0 Å². The Morgan fingerprint density at radius 2 is 1.70 bits per heavy atom. The predicted octanol–water partition coefficient (Wildman–Crippen LogP) is 3.84. The molecule has 6 nitrogen and oxygen atoms in total. The third kappa shape index (κ3) is 4.23. The smallest absolute Gasteiger partial charge is 0.321 e. The molecule has 3 aromatic rings. The molecular weight excluding hydrogens is 342 g/mol. The van der Waals surface area contributed by atoms with Crippen molar-refractivity contribution >= 4 is 5.91 Å². The van der Waals surface area contributed by atoms with Crippen molar-refractivity contribution in [2.24, 2.45) is 0 Å². The van der Waals surface area contributed by atoms with E-state index < -0.39 is 0 Å². The molecule has 1 aromatic heterocycles. The molecule has 0 atom stereocenters. The topological polar surface area (TPSA) is 73.3 Å². The van der Waals surface area contributed by atoms with Gasteiger partial charge < -0.3 is 14.8 Å². The summed E-state index contributed by atoms with van der Waals surface area (Å²) >= 11 is 0. The number of hydrogen-bond acceptors (Lipinski definition) is 5. The Morgan fingerprint density at radius 3 is 2.37 bits per heavy atom. The van der Waals surface area contributed by atoms with Crippen LogP contribution in [0.25, 0.3) is 11.1 Å². The molecule has 0 spiro atoms. The predicted molar refractivity (Wildman–Crippen MR) is 101 cm³/mol. The molecular formula is C21H19N3O3. The number of amides is 1. The maximum atomic E-state index is 12.0. The van der Waals surface area contributed by atoms with Gasteiger partial charge in [-0.25, -0.2) is 9.97 Å². The normalized spacial score (nSPS) is 13.1. The molecule has 136 valence electrons. The second-order valence-corrected chi connectivity index (χ2v) is 6.36. The van der Waals surface area contributed by atoms with Crippen molar-refractivity contribution in [3.8, 4) is 28.6 Å². The van der Waals surface area contributed by atoms with E-state index in [4.69, 9.17) is 9.47 Å². The largest absolute Gasteiger partial charge is 0.497 e. The minimum Gasteiger partial charge on any atom is -0.497 e. The molecule has 6 heteroatoms. The third-order valence-electron chi connectivity index (χ3n) is 4.27. The molecule has 4 rings (SSSR count). The molecule has 0 unspecified atom stereocenters.